The Morgan fingerprint density at radius 1 is 1.31 bits per heavy atom. The number of allylic oxidation sites excluding steroid dienone is 3. The third-order valence-electron chi connectivity index (χ3n) is 5.91. The molecule has 1 aliphatic carbocycles. The average molecular weight is 370 g/mol. The van der Waals surface area contributed by atoms with E-state index >= 15 is 0 Å². The van der Waals surface area contributed by atoms with Crippen molar-refractivity contribution in [2.75, 3.05) is 0 Å². The molecule has 2 aliphatic heterocycles. The number of carbonyl (C=O) groups is 1. The van der Waals surface area contributed by atoms with Crippen LogP contribution in [-0.4, -0.2) is 11.9 Å². The summed E-state index contributed by atoms with van der Waals surface area (Å²) < 4.78 is 0. The van der Waals surface area contributed by atoms with Gasteiger partial charge in [-0.1, -0.05) is 44.5 Å². The van der Waals surface area contributed by atoms with Crippen molar-refractivity contribution in [2.24, 2.45) is 15.6 Å². The molecule has 1 unspecified atom stereocenters. The van der Waals surface area contributed by atoms with Gasteiger partial charge < -0.3 is 5.32 Å². The lowest BCUT2D eigenvalue weighted by Gasteiger charge is -2.48. The molecule has 0 radical (unpaired) electrons. The largest absolute Gasteiger partial charge is 0.362 e. The molecule has 1 N–H and O–H groups in total. The van der Waals surface area contributed by atoms with Crippen LogP contribution in [0, 0.1) is 5.41 Å². The van der Waals surface area contributed by atoms with Crippen LogP contribution in [0.25, 0.3) is 0 Å². The zero-order valence-electron chi connectivity index (χ0n) is 15.7. The maximum atomic E-state index is 13.4. The van der Waals surface area contributed by atoms with Crippen LogP contribution < -0.4 is 5.32 Å². The Bertz CT molecular complexity index is 896. The Morgan fingerprint density at radius 3 is 2.77 bits per heavy atom. The smallest absolute Gasteiger partial charge is 0.165 e. The Balaban J connectivity index is 2.04. The summed E-state index contributed by atoms with van der Waals surface area (Å²) in [6.45, 7) is 8.42. The molecular weight excluding hydrogens is 346 g/mol. The topological polar surface area (TPSA) is 53.8 Å². The van der Waals surface area contributed by atoms with Gasteiger partial charge >= 0.3 is 0 Å². The van der Waals surface area contributed by atoms with E-state index in [1.807, 2.05) is 25.1 Å². The second-order valence-corrected chi connectivity index (χ2v) is 8.76. The van der Waals surface area contributed by atoms with Gasteiger partial charge in [-0.05, 0) is 42.9 Å². The number of nitrogens with zero attached hydrogens (tertiary/aromatic N) is 2. The monoisotopic (exact) mass is 369 g/mol. The van der Waals surface area contributed by atoms with Crippen LogP contribution in [0.15, 0.2) is 57.0 Å². The molecule has 5 heteroatoms. The Morgan fingerprint density at radius 2 is 2.08 bits per heavy atom. The molecule has 26 heavy (non-hydrogen) atoms. The zero-order chi connectivity index (χ0) is 18.7. The van der Waals surface area contributed by atoms with Gasteiger partial charge in [-0.3, -0.25) is 4.79 Å². The molecule has 4 rings (SSSR count). The highest BCUT2D eigenvalue weighted by molar-refractivity contribution is 6.30. The summed E-state index contributed by atoms with van der Waals surface area (Å²) in [4.78, 5) is 13.4. The molecule has 0 spiro atoms. The van der Waals surface area contributed by atoms with E-state index in [2.05, 4.69) is 42.4 Å². The van der Waals surface area contributed by atoms with Crippen molar-refractivity contribution in [3.05, 3.63) is 57.4 Å². The highest BCUT2D eigenvalue weighted by Gasteiger charge is 2.53. The fourth-order valence-electron chi connectivity index (χ4n) is 4.96. The number of halogens is 1. The van der Waals surface area contributed by atoms with E-state index in [9.17, 15) is 4.79 Å². The van der Waals surface area contributed by atoms with Crippen LogP contribution in [0.5, 0.6) is 0 Å². The predicted octanol–water partition coefficient (Wildman–Crippen LogP) is 5.30. The van der Waals surface area contributed by atoms with E-state index in [0.29, 0.717) is 11.4 Å². The molecule has 2 heterocycles. The predicted molar refractivity (Wildman–Crippen MR) is 103 cm³/mol. The standard InChI is InChI=1S/C21H24ClN3O/c1-5-21(13-7-6-8-14(22)9-13)17-12(2)24-25-19(17)23-15-10-20(3,4)11-16(26)18(15)21/h6-9,19,23H,5,10-11H2,1-4H3/t19?,21-/m0/s1. The van der Waals surface area contributed by atoms with Gasteiger partial charge in [-0.2, -0.15) is 10.2 Å². The van der Waals surface area contributed by atoms with Crippen molar-refractivity contribution in [3.63, 3.8) is 0 Å². The van der Waals surface area contributed by atoms with Crippen LogP contribution in [0.4, 0.5) is 0 Å². The SMILES string of the molecule is CC[C@@]1(c2cccc(Cl)c2)C2=C(CC(C)(C)CC2=O)NC2N=NC(C)=C21. The number of fused-ring (bicyclic) bond motifs is 1. The van der Waals surface area contributed by atoms with Gasteiger partial charge in [0, 0.05) is 28.3 Å². The maximum absolute atomic E-state index is 13.4. The Hall–Kier alpha value is -1.94. The van der Waals surface area contributed by atoms with Gasteiger partial charge in [0.05, 0.1) is 11.1 Å². The second kappa shape index (κ2) is 5.78. The lowest BCUT2D eigenvalue weighted by molar-refractivity contribution is -0.119. The summed E-state index contributed by atoms with van der Waals surface area (Å²) in [6.07, 6.45) is 1.97. The minimum absolute atomic E-state index is 0.0528. The molecule has 0 aromatic heterocycles. The second-order valence-electron chi connectivity index (χ2n) is 8.33. The minimum Gasteiger partial charge on any atom is -0.362 e. The number of hydrogen-bond acceptors (Lipinski definition) is 4. The minimum atomic E-state index is -0.517. The van der Waals surface area contributed by atoms with E-state index in [4.69, 9.17) is 11.6 Å². The molecule has 0 saturated heterocycles. The molecule has 3 aliphatic rings. The number of nitrogens with one attached hydrogen (secondary N) is 1. The molecule has 1 aromatic carbocycles. The fourth-order valence-corrected chi connectivity index (χ4v) is 5.15. The van der Waals surface area contributed by atoms with Gasteiger partial charge in [0.25, 0.3) is 0 Å². The summed E-state index contributed by atoms with van der Waals surface area (Å²) in [7, 11) is 0. The summed E-state index contributed by atoms with van der Waals surface area (Å²) in [5, 5.41) is 13.0. The van der Waals surface area contributed by atoms with Crippen molar-refractivity contribution in [2.45, 2.75) is 58.5 Å². The van der Waals surface area contributed by atoms with E-state index in [0.717, 1.165) is 40.9 Å². The van der Waals surface area contributed by atoms with Crippen LogP contribution in [0.1, 0.15) is 52.5 Å². The van der Waals surface area contributed by atoms with E-state index < -0.39 is 5.41 Å². The molecule has 2 atom stereocenters. The van der Waals surface area contributed by atoms with Crippen molar-refractivity contribution in [1.82, 2.24) is 5.32 Å². The van der Waals surface area contributed by atoms with Crippen LogP contribution in [-0.2, 0) is 10.2 Å². The Kier molecular flexibility index (Phi) is 3.88. The number of hydrogen-bond donors (Lipinski definition) is 1. The maximum Gasteiger partial charge on any atom is 0.165 e. The first-order valence-corrected chi connectivity index (χ1v) is 9.58. The summed E-state index contributed by atoms with van der Waals surface area (Å²) in [6, 6.07) is 7.90. The lowest BCUT2D eigenvalue weighted by atomic mass is 9.58. The summed E-state index contributed by atoms with van der Waals surface area (Å²) in [5.74, 6) is 0.219. The highest BCUT2D eigenvalue weighted by Crippen LogP contribution is 2.54. The first-order chi connectivity index (χ1) is 12.3. The third kappa shape index (κ3) is 2.38. The van der Waals surface area contributed by atoms with E-state index in [1.165, 1.54) is 0 Å². The van der Waals surface area contributed by atoms with Crippen LogP contribution in [0.3, 0.4) is 0 Å². The zero-order valence-corrected chi connectivity index (χ0v) is 16.4. The van der Waals surface area contributed by atoms with Gasteiger partial charge in [0.1, 0.15) is 0 Å². The molecule has 0 bridgehead atoms. The van der Waals surface area contributed by atoms with E-state index in [-0.39, 0.29) is 17.4 Å². The lowest BCUT2D eigenvalue weighted by Crippen LogP contribution is -2.51. The van der Waals surface area contributed by atoms with Gasteiger partial charge in [0.15, 0.2) is 11.9 Å². The van der Waals surface area contributed by atoms with Crippen molar-refractivity contribution in [1.29, 1.82) is 0 Å². The third-order valence-corrected chi connectivity index (χ3v) is 6.14. The molecule has 1 aromatic rings. The van der Waals surface area contributed by atoms with Crippen molar-refractivity contribution < 1.29 is 4.79 Å². The quantitative estimate of drug-likeness (QED) is 0.768. The van der Waals surface area contributed by atoms with Gasteiger partial charge in [-0.25, -0.2) is 0 Å². The number of benzene rings is 1. The molecule has 0 fully saturated rings. The number of ketones is 1. The highest BCUT2D eigenvalue weighted by atomic mass is 35.5. The molecular formula is C21H24ClN3O. The molecule has 0 saturated carbocycles. The number of carbonyl (C=O) groups excluding carboxylic acids is 1. The molecule has 136 valence electrons. The summed E-state index contributed by atoms with van der Waals surface area (Å²) >= 11 is 6.34. The van der Waals surface area contributed by atoms with Gasteiger partial charge in [-0.15, -0.1) is 0 Å². The number of azo groups is 1. The van der Waals surface area contributed by atoms with Crippen molar-refractivity contribution >= 4 is 17.4 Å². The Labute approximate surface area is 159 Å². The van der Waals surface area contributed by atoms with Gasteiger partial charge in [0.2, 0.25) is 0 Å². The summed E-state index contributed by atoms with van der Waals surface area (Å²) in [5.41, 5.74) is 4.39. The first-order valence-electron chi connectivity index (χ1n) is 9.20. The average Bonchev–Trinajstić information content (AvgIpc) is 2.93. The van der Waals surface area contributed by atoms with Crippen molar-refractivity contribution in [3.8, 4) is 0 Å². The first kappa shape index (κ1) is 17.5. The van der Waals surface area contributed by atoms with E-state index in [1.54, 1.807) is 0 Å². The molecule has 0 amide bonds. The normalized spacial score (nSPS) is 29.6. The van der Waals surface area contributed by atoms with Crippen LogP contribution >= 0.6 is 11.6 Å². The molecule has 4 nitrogen and oxygen atoms in total. The van der Waals surface area contributed by atoms with Crippen LogP contribution in [0.2, 0.25) is 5.02 Å². The fraction of sp³-hybridized carbons (Fsp3) is 0.476. The number of Topliss-reactive ketones (excluding diaryl/α,β-unsaturated/α-hetero) is 1. The number of rotatable bonds is 2.